The number of nitrogens with one attached hydrogen (secondary N) is 2. The first kappa shape index (κ1) is 16.3. The third kappa shape index (κ3) is 3.05. The third-order valence-electron chi connectivity index (χ3n) is 3.89. The second-order valence-electron chi connectivity index (χ2n) is 5.90. The van der Waals surface area contributed by atoms with Crippen LogP contribution in [0.5, 0.6) is 0 Å². The summed E-state index contributed by atoms with van der Waals surface area (Å²) in [5, 5.41) is 12.1. The molecule has 2 aromatic carbocycles. The van der Waals surface area contributed by atoms with Gasteiger partial charge in [0.1, 0.15) is 11.1 Å². The molecule has 0 aliphatic heterocycles. The van der Waals surface area contributed by atoms with Gasteiger partial charge in [-0.3, -0.25) is 10.2 Å². The quantitative estimate of drug-likeness (QED) is 0.707. The fraction of sp³-hybridized carbons (Fsp3) is 0.158. The average molecular weight is 341 g/mol. The fourth-order valence-electron chi connectivity index (χ4n) is 2.84. The minimum atomic E-state index is -0.374. The van der Waals surface area contributed by atoms with Gasteiger partial charge in [-0.25, -0.2) is 0 Å². The van der Waals surface area contributed by atoms with Crippen LogP contribution in [0, 0.1) is 26.2 Å². The summed E-state index contributed by atoms with van der Waals surface area (Å²) in [7, 11) is 0. The molecule has 3 aromatic rings. The van der Waals surface area contributed by atoms with Crippen LogP contribution in [0.4, 0.5) is 5.69 Å². The highest BCUT2D eigenvalue weighted by molar-refractivity contribution is 6.31. The second kappa shape index (κ2) is 6.13. The van der Waals surface area contributed by atoms with Gasteiger partial charge in [-0.05, 0) is 56.2 Å². The number of hydrogen-bond acceptors (Lipinski definition) is 3. The smallest absolute Gasteiger partial charge is 0.261 e. The number of amides is 1. The van der Waals surface area contributed by atoms with E-state index in [2.05, 4.69) is 5.32 Å². The Hall–Kier alpha value is -2.59. The minimum Gasteiger partial charge on any atom is -0.438 e. The van der Waals surface area contributed by atoms with Gasteiger partial charge < -0.3 is 9.73 Å². The first-order valence-electron chi connectivity index (χ1n) is 7.52. The van der Waals surface area contributed by atoms with E-state index in [9.17, 15) is 4.79 Å². The zero-order valence-electron chi connectivity index (χ0n) is 13.7. The summed E-state index contributed by atoms with van der Waals surface area (Å²) in [6.45, 7) is 5.91. The molecule has 0 aliphatic carbocycles. The Kier molecular flexibility index (Phi) is 4.16. The summed E-state index contributed by atoms with van der Waals surface area (Å²) in [6.07, 6.45) is 0. The van der Waals surface area contributed by atoms with Crippen LogP contribution in [0.1, 0.15) is 27.0 Å². The molecule has 1 heterocycles. The monoisotopic (exact) mass is 340 g/mol. The summed E-state index contributed by atoms with van der Waals surface area (Å²) < 4.78 is 5.43. The van der Waals surface area contributed by atoms with Crippen molar-refractivity contribution in [3.8, 4) is 0 Å². The number of halogens is 1. The Morgan fingerprint density at radius 1 is 1.08 bits per heavy atom. The van der Waals surface area contributed by atoms with Gasteiger partial charge in [-0.1, -0.05) is 29.3 Å². The van der Waals surface area contributed by atoms with Gasteiger partial charge in [0.25, 0.3) is 5.91 Å². The molecule has 0 aliphatic rings. The number of carbonyl (C=O) groups excluding carboxylic acids is 1. The Morgan fingerprint density at radius 3 is 2.42 bits per heavy atom. The van der Waals surface area contributed by atoms with E-state index in [0.29, 0.717) is 16.0 Å². The normalized spacial score (nSPS) is 10.8. The van der Waals surface area contributed by atoms with Gasteiger partial charge in [0.15, 0.2) is 0 Å². The van der Waals surface area contributed by atoms with Crippen LogP contribution >= 0.6 is 11.6 Å². The van der Waals surface area contributed by atoms with Crippen molar-refractivity contribution in [3.63, 3.8) is 0 Å². The van der Waals surface area contributed by atoms with Crippen molar-refractivity contribution in [2.24, 2.45) is 0 Å². The second-order valence-corrected chi connectivity index (χ2v) is 6.34. The van der Waals surface area contributed by atoms with Gasteiger partial charge in [0.2, 0.25) is 5.55 Å². The maximum atomic E-state index is 12.6. The van der Waals surface area contributed by atoms with Gasteiger partial charge in [0, 0.05) is 16.1 Å². The molecule has 122 valence electrons. The molecular formula is C19H17ClN2O2. The largest absolute Gasteiger partial charge is 0.438 e. The lowest BCUT2D eigenvalue weighted by molar-refractivity contribution is 0.102. The Labute approximate surface area is 144 Å². The third-order valence-corrected chi connectivity index (χ3v) is 4.12. The van der Waals surface area contributed by atoms with Crippen LogP contribution in [0.25, 0.3) is 11.0 Å². The van der Waals surface area contributed by atoms with Crippen molar-refractivity contribution < 1.29 is 9.21 Å². The maximum Gasteiger partial charge on any atom is 0.261 e. The van der Waals surface area contributed by atoms with Crippen LogP contribution < -0.4 is 10.9 Å². The van der Waals surface area contributed by atoms with E-state index >= 15 is 0 Å². The molecule has 1 amide bonds. The lowest BCUT2D eigenvalue weighted by atomic mass is 10.0. The minimum absolute atomic E-state index is 0.171. The SMILES string of the molecule is Cc1cc(C)c(NC(=O)c2cc3cc(Cl)ccc3oc2=N)c(C)c1. The van der Waals surface area contributed by atoms with Crippen LogP contribution in [-0.4, -0.2) is 5.91 Å². The molecule has 1 aromatic heterocycles. The zero-order chi connectivity index (χ0) is 17.4. The predicted octanol–water partition coefficient (Wildman–Crippen LogP) is 4.74. The molecule has 3 rings (SSSR count). The van der Waals surface area contributed by atoms with E-state index in [1.807, 2.05) is 32.9 Å². The molecule has 2 N–H and O–H groups in total. The molecule has 0 radical (unpaired) electrons. The molecule has 0 spiro atoms. The van der Waals surface area contributed by atoms with Crippen molar-refractivity contribution in [1.29, 1.82) is 5.41 Å². The summed E-state index contributed by atoms with van der Waals surface area (Å²) in [5.41, 5.74) is 4.37. The number of fused-ring (bicyclic) bond motifs is 1. The molecule has 4 nitrogen and oxygen atoms in total. The van der Waals surface area contributed by atoms with Crippen molar-refractivity contribution in [2.45, 2.75) is 20.8 Å². The maximum absolute atomic E-state index is 12.6. The lowest BCUT2D eigenvalue weighted by Gasteiger charge is -2.13. The van der Waals surface area contributed by atoms with E-state index in [1.54, 1.807) is 24.3 Å². The van der Waals surface area contributed by atoms with Gasteiger partial charge in [-0.15, -0.1) is 0 Å². The van der Waals surface area contributed by atoms with E-state index in [-0.39, 0.29) is 17.0 Å². The van der Waals surface area contributed by atoms with E-state index in [4.69, 9.17) is 21.4 Å². The number of carbonyl (C=O) groups is 1. The Morgan fingerprint density at radius 2 is 1.75 bits per heavy atom. The molecule has 5 heteroatoms. The highest BCUT2D eigenvalue weighted by Gasteiger charge is 2.14. The van der Waals surface area contributed by atoms with E-state index in [0.717, 1.165) is 22.4 Å². The van der Waals surface area contributed by atoms with Crippen molar-refractivity contribution >= 4 is 34.2 Å². The van der Waals surface area contributed by atoms with E-state index in [1.165, 1.54) is 0 Å². The summed E-state index contributed by atoms with van der Waals surface area (Å²) in [4.78, 5) is 12.6. The topological polar surface area (TPSA) is 66.1 Å². The number of benzene rings is 2. The molecule has 0 saturated carbocycles. The fourth-order valence-corrected chi connectivity index (χ4v) is 3.02. The zero-order valence-corrected chi connectivity index (χ0v) is 14.4. The predicted molar refractivity (Wildman–Crippen MR) is 95.7 cm³/mol. The highest BCUT2D eigenvalue weighted by Crippen LogP contribution is 2.23. The average Bonchev–Trinajstić information content (AvgIpc) is 2.50. The highest BCUT2D eigenvalue weighted by atomic mass is 35.5. The van der Waals surface area contributed by atoms with Crippen molar-refractivity contribution in [1.82, 2.24) is 0 Å². The number of rotatable bonds is 2. The van der Waals surface area contributed by atoms with E-state index < -0.39 is 0 Å². The number of anilines is 1. The molecule has 0 bridgehead atoms. The number of hydrogen-bond donors (Lipinski definition) is 2. The molecule has 0 unspecified atom stereocenters. The van der Waals surface area contributed by atoms with Crippen molar-refractivity contribution in [3.05, 3.63) is 69.2 Å². The summed E-state index contributed by atoms with van der Waals surface area (Å²) in [6, 6.07) is 10.7. The first-order valence-corrected chi connectivity index (χ1v) is 7.90. The number of aryl methyl sites for hydroxylation is 3. The van der Waals surface area contributed by atoms with Crippen LogP contribution in [0.3, 0.4) is 0 Å². The summed E-state index contributed by atoms with van der Waals surface area (Å²) in [5.74, 6) is -0.374. The first-order chi connectivity index (χ1) is 11.3. The van der Waals surface area contributed by atoms with Gasteiger partial charge >= 0.3 is 0 Å². The molecule has 0 atom stereocenters. The Bertz CT molecular complexity index is 999. The van der Waals surface area contributed by atoms with Crippen LogP contribution in [0.2, 0.25) is 5.02 Å². The van der Waals surface area contributed by atoms with Gasteiger partial charge in [-0.2, -0.15) is 0 Å². The summed E-state index contributed by atoms with van der Waals surface area (Å²) >= 11 is 5.99. The molecular weight excluding hydrogens is 324 g/mol. The van der Waals surface area contributed by atoms with Crippen molar-refractivity contribution in [2.75, 3.05) is 5.32 Å². The van der Waals surface area contributed by atoms with Gasteiger partial charge in [0.05, 0.1) is 0 Å². The van der Waals surface area contributed by atoms with Crippen LogP contribution in [0.15, 0.2) is 40.8 Å². The standard InChI is InChI=1S/C19H17ClN2O2/c1-10-6-11(2)17(12(3)7-10)22-19(23)15-9-13-8-14(20)4-5-16(13)24-18(15)21/h4-9,21H,1-3H3,(H,22,23). The molecule has 24 heavy (non-hydrogen) atoms. The lowest BCUT2D eigenvalue weighted by Crippen LogP contribution is -2.21. The Balaban J connectivity index is 2.03. The molecule has 0 fully saturated rings. The molecule has 0 saturated heterocycles. The van der Waals surface area contributed by atoms with Crippen LogP contribution in [-0.2, 0) is 0 Å².